The molecule has 0 radical (unpaired) electrons. The molecule has 1 heterocycles. The molecule has 1 N–H and O–H groups in total. The van der Waals surface area contributed by atoms with Gasteiger partial charge in [0.05, 0.1) is 0 Å². The van der Waals surface area contributed by atoms with E-state index in [9.17, 15) is 0 Å². The van der Waals surface area contributed by atoms with Crippen molar-refractivity contribution in [2.45, 2.75) is 32.6 Å². The fraction of sp³-hybridized carbons (Fsp3) is 1.00. The summed E-state index contributed by atoms with van der Waals surface area (Å²) in [6.45, 7) is 6.41. The van der Waals surface area contributed by atoms with Crippen LogP contribution in [0.5, 0.6) is 0 Å². The highest BCUT2D eigenvalue weighted by molar-refractivity contribution is 4.80. The highest BCUT2D eigenvalue weighted by Gasteiger charge is 2.27. The van der Waals surface area contributed by atoms with E-state index in [0.717, 1.165) is 18.4 Å². The van der Waals surface area contributed by atoms with Crippen LogP contribution in [0.25, 0.3) is 0 Å². The summed E-state index contributed by atoms with van der Waals surface area (Å²) >= 11 is 0. The van der Waals surface area contributed by atoms with Gasteiger partial charge in [-0.15, -0.1) is 0 Å². The second-order valence-electron chi connectivity index (χ2n) is 5.38. The summed E-state index contributed by atoms with van der Waals surface area (Å²) in [6.07, 6.45) is 5.50. The number of hydrogen-bond acceptors (Lipinski definition) is 2. The molecule has 0 spiro atoms. The number of likely N-dealkylation sites (tertiary alicyclic amines) is 1. The van der Waals surface area contributed by atoms with Gasteiger partial charge < -0.3 is 10.0 Å². The molecule has 1 saturated carbocycles. The van der Waals surface area contributed by atoms with E-state index in [-0.39, 0.29) is 0 Å². The lowest BCUT2D eigenvalue weighted by atomic mass is 10.1. The van der Waals surface area contributed by atoms with Crippen LogP contribution in [0.4, 0.5) is 0 Å². The number of aliphatic hydroxyl groups is 1. The minimum Gasteiger partial charge on any atom is -0.396 e. The molecule has 2 fully saturated rings. The largest absolute Gasteiger partial charge is 0.396 e. The summed E-state index contributed by atoms with van der Waals surface area (Å²) in [5.74, 6) is 2.47. The van der Waals surface area contributed by atoms with Gasteiger partial charge in [0.15, 0.2) is 0 Å². The maximum absolute atomic E-state index is 9.06. The summed E-state index contributed by atoms with van der Waals surface area (Å²) in [5, 5.41) is 9.06. The number of nitrogens with zero attached hydrogens (tertiary/aromatic N) is 1. The zero-order valence-corrected chi connectivity index (χ0v) is 9.28. The Morgan fingerprint density at radius 3 is 2.64 bits per heavy atom. The van der Waals surface area contributed by atoms with Gasteiger partial charge in [-0.2, -0.15) is 0 Å². The van der Waals surface area contributed by atoms with E-state index < -0.39 is 0 Å². The van der Waals surface area contributed by atoms with E-state index in [1.165, 1.54) is 38.8 Å². The van der Waals surface area contributed by atoms with Crippen LogP contribution in [0, 0.1) is 17.8 Å². The standard InChI is InChI=1S/C12H23NO/c1-10-2-3-11(6-10)7-13-5-4-12(8-13)9-14/h10-12,14H,2-9H2,1H3. The molecule has 0 aromatic heterocycles. The van der Waals surface area contributed by atoms with Gasteiger partial charge in [0.2, 0.25) is 0 Å². The number of hydrogen-bond donors (Lipinski definition) is 1. The van der Waals surface area contributed by atoms with E-state index in [1.807, 2.05) is 0 Å². The Bertz CT molecular complexity index is 183. The molecule has 1 saturated heterocycles. The van der Waals surface area contributed by atoms with Crippen LogP contribution < -0.4 is 0 Å². The van der Waals surface area contributed by atoms with Crippen LogP contribution in [0.3, 0.4) is 0 Å². The summed E-state index contributed by atoms with van der Waals surface area (Å²) in [6, 6.07) is 0. The molecule has 1 aliphatic heterocycles. The summed E-state index contributed by atoms with van der Waals surface area (Å²) in [7, 11) is 0. The average Bonchev–Trinajstić information content (AvgIpc) is 2.76. The molecule has 2 rings (SSSR count). The first kappa shape index (κ1) is 10.4. The van der Waals surface area contributed by atoms with Crippen molar-refractivity contribution >= 4 is 0 Å². The van der Waals surface area contributed by atoms with Crippen molar-refractivity contribution in [1.29, 1.82) is 0 Å². The number of aliphatic hydroxyl groups excluding tert-OH is 1. The van der Waals surface area contributed by atoms with Crippen molar-refractivity contribution < 1.29 is 5.11 Å². The van der Waals surface area contributed by atoms with Gasteiger partial charge in [0.1, 0.15) is 0 Å². The third kappa shape index (κ3) is 2.48. The lowest BCUT2D eigenvalue weighted by Crippen LogP contribution is -2.27. The lowest BCUT2D eigenvalue weighted by Gasteiger charge is -2.20. The zero-order chi connectivity index (χ0) is 9.97. The Hall–Kier alpha value is -0.0800. The van der Waals surface area contributed by atoms with Gasteiger partial charge in [-0.1, -0.05) is 13.3 Å². The Morgan fingerprint density at radius 1 is 1.21 bits per heavy atom. The molecule has 2 nitrogen and oxygen atoms in total. The van der Waals surface area contributed by atoms with Gasteiger partial charge in [-0.3, -0.25) is 0 Å². The topological polar surface area (TPSA) is 23.5 Å². The molecule has 0 aromatic rings. The van der Waals surface area contributed by atoms with Crippen LogP contribution in [0.2, 0.25) is 0 Å². The van der Waals surface area contributed by atoms with E-state index in [1.54, 1.807) is 0 Å². The molecule has 1 aliphatic carbocycles. The molecule has 3 unspecified atom stereocenters. The minimum absolute atomic E-state index is 0.386. The third-order valence-electron chi connectivity index (χ3n) is 3.95. The maximum Gasteiger partial charge on any atom is 0.0471 e. The van der Waals surface area contributed by atoms with Crippen LogP contribution in [0.15, 0.2) is 0 Å². The molecular weight excluding hydrogens is 174 g/mol. The van der Waals surface area contributed by atoms with E-state index in [0.29, 0.717) is 12.5 Å². The minimum atomic E-state index is 0.386. The quantitative estimate of drug-likeness (QED) is 0.745. The van der Waals surface area contributed by atoms with Crippen molar-refractivity contribution in [3.8, 4) is 0 Å². The molecule has 0 amide bonds. The molecule has 2 heteroatoms. The fourth-order valence-corrected chi connectivity index (χ4v) is 3.08. The first-order valence-corrected chi connectivity index (χ1v) is 6.11. The van der Waals surface area contributed by atoms with Crippen molar-refractivity contribution in [3.63, 3.8) is 0 Å². The summed E-state index contributed by atoms with van der Waals surface area (Å²) in [5.41, 5.74) is 0. The molecule has 14 heavy (non-hydrogen) atoms. The second-order valence-corrected chi connectivity index (χ2v) is 5.38. The molecule has 2 aliphatic rings. The molecule has 0 aromatic carbocycles. The van der Waals surface area contributed by atoms with Gasteiger partial charge in [-0.25, -0.2) is 0 Å². The normalized spacial score (nSPS) is 39.4. The highest BCUT2D eigenvalue weighted by atomic mass is 16.3. The first-order valence-electron chi connectivity index (χ1n) is 6.11. The molecule has 3 atom stereocenters. The lowest BCUT2D eigenvalue weighted by molar-refractivity contribution is 0.212. The van der Waals surface area contributed by atoms with E-state index in [2.05, 4.69) is 11.8 Å². The van der Waals surface area contributed by atoms with Crippen LogP contribution in [-0.4, -0.2) is 36.2 Å². The third-order valence-corrected chi connectivity index (χ3v) is 3.95. The smallest absolute Gasteiger partial charge is 0.0471 e. The van der Waals surface area contributed by atoms with Crippen molar-refractivity contribution in [1.82, 2.24) is 4.90 Å². The summed E-state index contributed by atoms with van der Waals surface area (Å²) < 4.78 is 0. The van der Waals surface area contributed by atoms with Gasteiger partial charge >= 0.3 is 0 Å². The van der Waals surface area contributed by atoms with E-state index >= 15 is 0 Å². The second kappa shape index (κ2) is 4.63. The Morgan fingerprint density at radius 2 is 2.07 bits per heavy atom. The van der Waals surface area contributed by atoms with Crippen LogP contribution in [0.1, 0.15) is 32.6 Å². The van der Waals surface area contributed by atoms with Gasteiger partial charge in [-0.05, 0) is 43.6 Å². The van der Waals surface area contributed by atoms with Crippen molar-refractivity contribution in [2.75, 3.05) is 26.2 Å². The Labute approximate surface area is 87.3 Å². The zero-order valence-electron chi connectivity index (χ0n) is 9.28. The monoisotopic (exact) mass is 197 g/mol. The number of rotatable bonds is 3. The Balaban J connectivity index is 1.71. The Kier molecular flexibility index (Phi) is 3.45. The van der Waals surface area contributed by atoms with Crippen LogP contribution in [-0.2, 0) is 0 Å². The summed E-state index contributed by atoms with van der Waals surface area (Å²) in [4.78, 5) is 2.56. The van der Waals surface area contributed by atoms with Crippen LogP contribution >= 0.6 is 0 Å². The van der Waals surface area contributed by atoms with Gasteiger partial charge in [0.25, 0.3) is 0 Å². The first-order chi connectivity index (χ1) is 6.78. The predicted octanol–water partition coefficient (Wildman–Crippen LogP) is 1.74. The van der Waals surface area contributed by atoms with E-state index in [4.69, 9.17) is 5.11 Å². The van der Waals surface area contributed by atoms with Gasteiger partial charge in [0, 0.05) is 19.7 Å². The van der Waals surface area contributed by atoms with Crippen molar-refractivity contribution in [3.05, 3.63) is 0 Å². The SMILES string of the molecule is CC1CCC(CN2CCC(CO)C2)C1. The fourth-order valence-electron chi connectivity index (χ4n) is 3.08. The molecule has 82 valence electrons. The molecular formula is C12H23NO. The average molecular weight is 197 g/mol. The van der Waals surface area contributed by atoms with Crippen molar-refractivity contribution in [2.24, 2.45) is 17.8 Å². The maximum atomic E-state index is 9.06. The molecule has 0 bridgehead atoms. The predicted molar refractivity (Wildman–Crippen MR) is 58.1 cm³/mol. The highest BCUT2D eigenvalue weighted by Crippen LogP contribution is 2.31.